The molecule has 29 heavy (non-hydrogen) atoms. The molecule has 2 aromatic rings. The van der Waals surface area contributed by atoms with E-state index in [9.17, 15) is 4.79 Å². The van der Waals surface area contributed by atoms with Gasteiger partial charge < -0.3 is 19.1 Å². The Bertz CT molecular complexity index is 815. The number of benzene rings is 2. The molecule has 1 saturated carbocycles. The summed E-state index contributed by atoms with van der Waals surface area (Å²) >= 11 is 0. The van der Waals surface area contributed by atoms with E-state index in [4.69, 9.17) is 14.2 Å². The van der Waals surface area contributed by atoms with E-state index in [-0.39, 0.29) is 11.8 Å². The van der Waals surface area contributed by atoms with Crippen LogP contribution in [0.4, 0.5) is 11.4 Å². The summed E-state index contributed by atoms with van der Waals surface area (Å²) in [5, 5.41) is 0. The first kappa shape index (κ1) is 19.9. The zero-order valence-corrected chi connectivity index (χ0v) is 17.2. The molecule has 0 aromatic heterocycles. The highest BCUT2D eigenvalue weighted by molar-refractivity contribution is 5.90. The average Bonchev–Trinajstić information content (AvgIpc) is 3.22. The van der Waals surface area contributed by atoms with E-state index in [2.05, 4.69) is 29.2 Å². The molecule has 0 atom stereocenters. The van der Waals surface area contributed by atoms with Gasteiger partial charge in [-0.3, -0.25) is 0 Å². The van der Waals surface area contributed by atoms with E-state index in [0.717, 1.165) is 50.3 Å². The van der Waals surface area contributed by atoms with Crippen LogP contribution in [0.1, 0.15) is 54.4 Å². The van der Waals surface area contributed by atoms with Crippen molar-refractivity contribution in [2.75, 3.05) is 31.8 Å². The van der Waals surface area contributed by atoms with Crippen LogP contribution in [0.25, 0.3) is 0 Å². The van der Waals surface area contributed by atoms with Crippen molar-refractivity contribution in [2.24, 2.45) is 0 Å². The first-order valence-electron chi connectivity index (χ1n) is 10.5. The molecule has 0 radical (unpaired) electrons. The van der Waals surface area contributed by atoms with Gasteiger partial charge in [0, 0.05) is 31.3 Å². The quantitative estimate of drug-likeness (QED) is 0.665. The molecule has 2 fully saturated rings. The number of ether oxygens (including phenoxy) is 3. The predicted octanol–water partition coefficient (Wildman–Crippen LogP) is 5.03. The van der Waals surface area contributed by atoms with Crippen molar-refractivity contribution < 1.29 is 19.0 Å². The van der Waals surface area contributed by atoms with Gasteiger partial charge in [-0.1, -0.05) is 12.1 Å². The van der Waals surface area contributed by atoms with Gasteiger partial charge in [-0.15, -0.1) is 0 Å². The highest BCUT2D eigenvalue weighted by Gasteiger charge is 2.40. The van der Waals surface area contributed by atoms with Crippen LogP contribution in [-0.2, 0) is 14.2 Å². The minimum Gasteiger partial charge on any atom is -0.462 e. The summed E-state index contributed by atoms with van der Waals surface area (Å²) in [4.78, 5) is 13.9. The molecular weight excluding hydrogens is 366 g/mol. The fourth-order valence-corrected chi connectivity index (χ4v) is 4.33. The molecule has 1 aliphatic carbocycles. The molecule has 0 N–H and O–H groups in total. The molecule has 0 unspecified atom stereocenters. The summed E-state index contributed by atoms with van der Waals surface area (Å²) in [7, 11) is 2.04. The van der Waals surface area contributed by atoms with Gasteiger partial charge in [0.1, 0.15) is 0 Å². The predicted molar refractivity (Wildman–Crippen MR) is 113 cm³/mol. The van der Waals surface area contributed by atoms with Gasteiger partial charge in [0.05, 0.1) is 25.4 Å². The fourth-order valence-electron chi connectivity index (χ4n) is 4.33. The number of esters is 1. The molecule has 2 aromatic carbocycles. The van der Waals surface area contributed by atoms with Crippen molar-refractivity contribution in [2.45, 2.75) is 44.3 Å². The van der Waals surface area contributed by atoms with Gasteiger partial charge in [0.25, 0.3) is 0 Å². The zero-order chi connectivity index (χ0) is 20.3. The molecule has 1 heterocycles. The summed E-state index contributed by atoms with van der Waals surface area (Å²) in [5.74, 6) is -0.0165. The molecule has 5 nitrogen and oxygen atoms in total. The van der Waals surface area contributed by atoms with E-state index in [1.807, 2.05) is 38.2 Å². The second-order valence-electron chi connectivity index (χ2n) is 7.80. The maximum absolute atomic E-state index is 11.8. The summed E-state index contributed by atoms with van der Waals surface area (Å²) in [6.45, 7) is 3.65. The second kappa shape index (κ2) is 8.56. The highest BCUT2D eigenvalue weighted by Crippen LogP contribution is 2.42. The first-order valence-corrected chi connectivity index (χ1v) is 10.5. The Morgan fingerprint density at radius 1 is 1.00 bits per heavy atom. The molecule has 0 amide bonds. The first-order chi connectivity index (χ1) is 14.1. The van der Waals surface area contributed by atoms with Crippen molar-refractivity contribution >= 4 is 17.3 Å². The van der Waals surface area contributed by atoms with Crippen molar-refractivity contribution in [1.29, 1.82) is 0 Å². The van der Waals surface area contributed by atoms with Gasteiger partial charge in [-0.05, 0) is 67.6 Å². The number of nitrogens with zero attached hydrogens (tertiary/aromatic N) is 1. The number of rotatable bonds is 5. The van der Waals surface area contributed by atoms with E-state index < -0.39 is 0 Å². The molecule has 1 saturated heterocycles. The van der Waals surface area contributed by atoms with E-state index >= 15 is 0 Å². The van der Waals surface area contributed by atoms with Crippen molar-refractivity contribution in [1.82, 2.24) is 0 Å². The smallest absolute Gasteiger partial charge is 0.338 e. The summed E-state index contributed by atoms with van der Waals surface area (Å²) < 4.78 is 16.7. The topological polar surface area (TPSA) is 48.0 Å². The van der Waals surface area contributed by atoms with E-state index in [1.165, 1.54) is 5.56 Å². The van der Waals surface area contributed by atoms with E-state index in [0.29, 0.717) is 18.1 Å². The number of carbonyl (C=O) groups is 1. The fraction of sp³-hybridized carbons (Fsp3) is 0.458. The summed E-state index contributed by atoms with van der Waals surface area (Å²) in [6, 6.07) is 16.3. The van der Waals surface area contributed by atoms with Crippen LogP contribution in [0.15, 0.2) is 48.5 Å². The van der Waals surface area contributed by atoms with Crippen LogP contribution in [0.5, 0.6) is 0 Å². The lowest BCUT2D eigenvalue weighted by atomic mass is 9.81. The van der Waals surface area contributed by atoms with Crippen LogP contribution in [0.3, 0.4) is 0 Å². The van der Waals surface area contributed by atoms with Crippen LogP contribution in [0.2, 0.25) is 0 Å². The second-order valence-corrected chi connectivity index (χ2v) is 7.80. The third kappa shape index (κ3) is 4.31. The van der Waals surface area contributed by atoms with Crippen molar-refractivity contribution in [3.05, 3.63) is 59.7 Å². The van der Waals surface area contributed by atoms with Crippen molar-refractivity contribution in [3.8, 4) is 0 Å². The Labute approximate surface area is 172 Å². The van der Waals surface area contributed by atoms with Gasteiger partial charge in [0.15, 0.2) is 5.79 Å². The molecule has 5 heteroatoms. The number of hydrogen-bond acceptors (Lipinski definition) is 5. The van der Waals surface area contributed by atoms with Gasteiger partial charge >= 0.3 is 5.97 Å². The monoisotopic (exact) mass is 395 g/mol. The van der Waals surface area contributed by atoms with Gasteiger partial charge in [-0.25, -0.2) is 4.79 Å². The third-order valence-electron chi connectivity index (χ3n) is 6.08. The number of carbonyl (C=O) groups excluding carboxylic acids is 1. The minimum atomic E-state index is -0.299. The zero-order valence-electron chi connectivity index (χ0n) is 17.2. The Morgan fingerprint density at radius 2 is 1.55 bits per heavy atom. The lowest BCUT2D eigenvalue weighted by molar-refractivity contribution is -0.178. The Kier molecular flexibility index (Phi) is 5.88. The minimum absolute atomic E-state index is 0.284. The van der Waals surface area contributed by atoms with Crippen molar-refractivity contribution in [3.63, 3.8) is 0 Å². The SMILES string of the molecule is CCOC(=O)c1ccc(N(C)c2ccc(C3CCC4(CC3)OCCO4)cc2)cc1. The van der Waals surface area contributed by atoms with Gasteiger partial charge in [0.2, 0.25) is 0 Å². The van der Waals surface area contributed by atoms with Crippen LogP contribution in [0, 0.1) is 0 Å². The lowest BCUT2D eigenvalue weighted by Crippen LogP contribution is -2.34. The Hall–Kier alpha value is -2.37. The largest absolute Gasteiger partial charge is 0.462 e. The number of hydrogen-bond donors (Lipinski definition) is 0. The molecule has 4 rings (SSSR count). The highest BCUT2D eigenvalue weighted by atomic mass is 16.7. The van der Waals surface area contributed by atoms with Crippen LogP contribution < -0.4 is 4.90 Å². The summed E-state index contributed by atoms with van der Waals surface area (Å²) in [5.41, 5.74) is 4.10. The van der Waals surface area contributed by atoms with Gasteiger partial charge in [-0.2, -0.15) is 0 Å². The number of anilines is 2. The van der Waals surface area contributed by atoms with Crippen LogP contribution in [-0.4, -0.2) is 38.6 Å². The maximum atomic E-state index is 11.8. The molecule has 1 spiro atoms. The Morgan fingerprint density at radius 3 is 2.10 bits per heavy atom. The lowest BCUT2D eigenvalue weighted by Gasteiger charge is -2.35. The van der Waals surface area contributed by atoms with E-state index in [1.54, 1.807) is 0 Å². The normalized spacial score (nSPS) is 18.7. The standard InChI is InChI=1S/C24H29NO4/c1-3-27-23(26)20-6-10-22(11-7-20)25(2)21-8-4-18(5-9-21)19-12-14-24(15-13-19)28-16-17-29-24/h4-11,19H,3,12-17H2,1-2H3. The summed E-state index contributed by atoms with van der Waals surface area (Å²) in [6.07, 6.45) is 4.16. The molecular formula is C24H29NO4. The Balaban J connectivity index is 1.39. The maximum Gasteiger partial charge on any atom is 0.338 e. The molecule has 0 bridgehead atoms. The molecule has 2 aliphatic rings. The average molecular weight is 395 g/mol. The molecule has 1 aliphatic heterocycles. The van der Waals surface area contributed by atoms with Crippen LogP contribution >= 0.6 is 0 Å². The molecule has 154 valence electrons. The third-order valence-corrected chi connectivity index (χ3v) is 6.08.